The van der Waals surface area contributed by atoms with E-state index in [0.717, 1.165) is 24.0 Å². The lowest BCUT2D eigenvalue weighted by Gasteiger charge is -2.23. The van der Waals surface area contributed by atoms with Crippen molar-refractivity contribution < 1.29 is 4.39 Å². The predicted octanol–water partition coefficient (Wildman–Crippen LogP) is 2.44. The first kappa shape index (κ1) is 12.3. The summed E-state index contributed by atoms with van der Waals surface area (Å²) < 4.78 is 13.3. The van der Waals surface area contributed by atoms with Gasteiger partial charge in [0.05, 0.1) is 0 Å². The molecular formula is C14H19FN2. The summed E-state index contributed by atoms with van der Waals surface area (Å²) >= 11 is 0. The van der Waals surface area contributed by atoms with Gasteiger partial charge in [0.2, 0.25) is 0 Å². The first-order valence-corrected chi connectivity index (χ1v) is 6.08. The van der Waals surface area contributed by atoms with Crippen LogP contribution in [-0.2, 0) is 0 Å². The van der Waals surface area contributed by atoms with Crippen molar-refractivity contribution in [2.45, 2.75) is 31.8 Å². The van der Waals surface area contributed by atoms with Crippen LogP contribution >= 0.6 is 0 Å². The van der Waals surface area contributed by atoms with Gasteiger partial charge < -0.3 is 11.1 Å². The topological polar surface area (TPSA) is 38.0 Å². The molecule has 3 heteroatoms. The highest BCUT2D eigenvalue weighted by atomic mass is 19.1. The van der Waals surface area contributed by atoms with Gasteiger partial charge in [0, 0.05) is 18.6 Å². The minimum absolute atomic E-state index is 0.0376. The Balaban J connectivity index is 2.13. The summed E-state index contributed by atoms with van der Waals surface area (Å²) in [6.45, 7) is 2.48. The Morgan fingerprint density at radius 2 is 2.12 bits per heavy atom. The number of halogens is 1. The number of aryl methyl sites for hydroxylation is 1. The molecule has 0 amide bonds. The number of nitrogens with one attached hydrogen (secondary N) is 1. The van der Waals surface area contributed by atoms with Gasteiger partial charge in [-0.1, -0.05) is 18.2 Å². The molecule has 3 N–H and O–H groups in total. The molecule has 0 saturated carbocycles. The van der Waals surface area contributed by atoms with E-state index in [0.29, 0.717) is 12.6 Å². The van der Waals surface area contributed by atoms with Crippen LogP contribution in [0.15, 0.2) is 30.4 Å². The molecule has 0 heterocycles. The van der Waals surface area contributed by atoms with E-state index in [-0.39, 0.29) is 11.9 Å². The van der Waals surface area contributed by atoms with Crippen molar-refractivity contribution in [3.8, 4) is 0 Å². The fourth-order valence-corrected chi connectivity index (χ4v) is 2.31. The molecule has 0 aromatic heterocycles. The first-order chi connectivity index (χ1) is 8.20. The van der Waals surface area contributed by atoms with Crippen LogP contribution < -0.4 is 11.1 Å². The highest BCUT2D eigenvalue weighted by molar-refractivity contribution is 5.30. The van der Waals surface area contributed by atoms with E-state index in [9.17, 15) is 4.39 Å². The van der Waals surface area contributed by atoms with Crippen LogP contribution in [0, 0.1) is 12.7 Å². The average Bonchev–Trinajstić information content (AvgIpc) is 2.82. The molecule has 1 aromatic rings. The summed E-state index contributed by atoms with van der Waals surface area (Å²) in [5.41, 5.74) is 7.85. The van der Waals surface area contributed by atoms with Gasteiger partial charge in [-0.25, -0.2) is 4.39 Å². The normalized spacial score (nSPS) is 17.6. The van der Waals surface area contributed by atoms with Crippen molar-refractivity contribution >= 4 is 0 Å². The second-order valence-corrected chi connectivity index (χ2v) is 4.60. The van der Waals surface area contributed by atoms with Crippen LogP contribution in [0.2, 0.25) is 0 Å². The van der Waals surface area contributed by atoms with Gasteiger partial charge in [0.1, 0.15) is 5.82 Å². The van der Waals surface area contributed by atoms with Crippen molar-refractivity contribution in [3.63, 3.8) is 0 Å². The molecule has 0 spiro atoms. The molecule has 0 aliphatic heterocycles. The summed E-state index contributed by atoms with van der Waals surface area (Å²) in [4.78, 5) is 0. The van der Waals surface area contributed by atoms with Gasteiger partial charge >= 0.3 is 0 Å². The Bertz CT molecular complexity index is 407. The van der Waals surface area contributed by atoms with E-state index in [1.807, 2.05) is 13.0 Å². The summed E-state index contributed by atoms with van der Waals surface area (Å²) in [5, 5.41) is 3.50. The van der Waals surface area contributed by atoms with Crippen molar-refractivity contribution in [3.05, 3.63) is 47.3 Å². The average molecular weight is 234 g/mol. The lowest BCUT2D eigenvalue weighted by Crippen LogP contribution is -2.35. The van der Waals surface area contributed by atoms with Gasteiger partial charge in [0.15, 0.2) is 0 Å². The number of rotatable bonds is 4. The standard InChI is InChI=1S/C14H19FN2/c1-10-6-7-11(15)8-13(10)14(9-16)17-12-4-2-3-5-12/h2-3,6-8,12,14,17H,4-5,9,16H2,1H3. The maximum atomic E-state index is 13.3. The molecule has 1 aliphatic rings. The Labute approximate surface area is 102 Å². The number of hydrogen-bond acceptors (Lipinski definition) is 2. The van der Waals surface area contributed by atoms with Gasteiger partial charge in [-0.2, -0.15) is 0 Å². The summed E-state index contributed by atoms with van der Waals surface area (Å²) in [6, 6.07) is 5.36. The highest BCUT2D eigenvalue weighted by Gasteiger charge is 2.18. The third kappa shape index (κ3) is 2.93. The van der Waals surface area contributed by atoms with Gasteiger partial charge in [0.25, 0.3) is 0 Å². The minimum Gasteiger partial charge on any atom is -0.329 e. The van der Waals surface area contributed by atoms with Crippen molar-refractivity contribution in [2.24, 2.45) is 5.73 Å². The predicted molar refractivity (Wildman–Crippen MR) is 68.2 cm³/mol. The van der Waals surface area contributed by atoms with E-state index >= 15 is 0 Å². The van der Waals surface area contributed by atoms with Crippen molar-refractivity contribution in [1.29, 1.82) is 0 Å². The second kappa shape index (κ2) is 5.43. The molecule has 0 bridgehead atoms. The summed E-state index contributed by atoms with van der Waals surface area (Å²) in [6.07, 6.45) is 6.41. The zero-order valence-electron chi connectivity index (χ0n) is 10.1. The lowest BCUT2D eigenvalue weighted by atomic mass is 10.00. The number of benzene rings is 1. The first-order valence-electron chi connectivity index (χ1n) is 6.08. The molecule has 1 aromatic carbocycles. The van der Waals surface area contributed by atoms with Crippen molar-refractivity contribution in [1.82, 2.24) is 5.32 Å². The molecule has 2 rings (SSSR count). The molecule has 92 valence electrons. The quantitative estimate of drug-likeness (QED) is 0.785. The van der Waals surface area contributed by atoms with E-state index in [1.54, 1.807) is 6.07 Å². The van der Waals surface area contributed by atoms with Crippen LogP contribution in [0.5, 0.6) is 0 Å². The van der Waals surface area contributed by atoms with E-state index in [4.69, 9.17) is 5.73 Å². The Morgan fingerprint density at radius 1 is 1.41 bits per heavy atom. The molecule has 1 aliphatic carbocycles. The molecule has 2 nitrogen and oxygen atoms in total. The minimum atomic E-state index is -0.199. The van der Waals surface area contributed by atoms with Gasteiger partial charge in [-0.3, -0.25) is 0 Å². The van der Waals surface area contributed by atoms with Crippen LogP contribution in [0.1, 0.15) is 30.0 Å². The van der Waals surface area contributed by atoms with Gasteiger partial charge in [-0.15, -0.1) is 0 Å². The Hall–Kier alpha value is -1.19. The van der Waals surface area contributed by atoms with E-state index in [1.165, 1.54) is 6.07 Å². The maximum Gasteiger partial charge on any atom is 0.123 e. The van der Waals surface area contributed by atoms with E-state index < -0.39 is 0 Å². The monoisotopic (exact) mass is 234 g/mol. The van der Waals surface area contributed by atoms with Crippen LogP contribution in [0.25, 0.3) is 0 Å². The third-order valence-corrected chi connectivity index (χ3v) is 3.30. The zero-order chi connectivity index (χ0) is 12.3. The maximum absolute atomic E-state index is 13.3. The Kier molecular flexibility index (Phi) is 3.92. The SMILES string of the molecule is Cc1ccc(F)cc1C(CN)NC1CC=CC1. The molecule has 0 fully saturated rings. The molecule has 1 unspecified atom stereocenters. The zero-order valence-corrected chi connectivity index (χ0v) is 10.1. The number of hydrogen-bond donors (Lipinski definition) is 2. The van der Waals surface area contributed by atoms with Crippen LogP contribution in [0.3, 0.4) is 0 Å². The fraction of sp³-hybridized carbons (Fsp3) is 0.429. The molecule has 0 radical (unpaired) electrons. The van der Waals surface area contributed by atoms with Gasteiger partial charge in [-0.05, 0) is 43.0 Å². The van der Waals surface area contributed by atoms with Crippen molar-refractivity contribution in [2.75, 3.05) is 6.54 Å². The molecule has 0 saturated heterocycles. The second-order valence-electron chi connectivity index (χ2n) is 4.60. The van der Waals surface area contributed by atoms with Crippen LogP contribution in [0.4, 0.5) is 4.39 Å². The number of nitrogens with two attached hydrogens (primary N) is 1. The molecular weight excluding hydrogens is 215 g/mol. The Morgan fingerprint density at radius 3 is 2.76 bits per heavy atom. The van der Waals surface area contributed by atoms with Crippen LogP contribution in [-0.4, -0.2) is 12.6 Å². The fourth-order valence-electron chi connectivity index (χ4n) is 2.31. The molecule has 17 heavy (non-hydrogen) atoms. The highest BCUT2D eigenvalue weighted by Crippen LogP contribution is 2.21. The summed E-state index contributed by atoms with van der Waals surface area (Å²) in [5.74, 6) is -0.199. The third-order valence-electron chi connectivity index (χ3n) is 3.30. The van der Waals surface area contributed by atoms with E-state index in [2.05, 4.69) is 17.5 Å². The molecule has 1 atom stereocenters. The summed E-state index contributed by atoms with van der Waals surface area (Å²) in [7, 11) is 0. The lowest BCUT2D eigenvalue weighted by molar-refractivity contribution is 0.450. The smallest absolute Gasteiger partial charge is 0.123 e. The largest absolute Gasteiger partial charge is 0.329 e.